The number of thiocarbonyl (C=S) groups is 1. The van der Waals surface area contributed by atoms with Gasteiger partial charge in [0.1, 0.15) is 5.75 Å². The summed E-state index contributed by atoms with van der Waals surface area (Å²) in [6, 6.07) is 12.6. The van der Waals surface area contributed by atoms with E-state index in [-0.39, 0.29) is 20.7 Å². The molecule has 1 fully saturated rings. The molecule has 1 saturated heterocycles. The van der Waals surface area contributed by atoms with E-state index >= 15 is 0 Å². The van der Waals surface area contributed by atoms with Gasteiger partial charge in [-0.1, -0.05) is 36.0 Å². The van der Waals surface area contributed by atoms with Crippen molar-refractivity contribution in [3.63, 3.8) is 0 Å². The molecule has 0 atom stereocenters. The summed E-state index contributed by atoms with van der Waals surface area (Å²) in [5, 5.41) is 25.9. The quantitative estimate of drug-likeness (QED) is 0.284. The minimum atomic E-state index is -0.511. The minimum Gasteiger partial charge on any atom is -0.507 e. The van der Waals surface area contributed by atoms with Crippen LogP contribution in [0.2, 0.25) is 0 Å². The molecular weight excluding hydrogens is 374 g/mol. The minimum absolute atomic E-state index is 0.0251. The Kier molecular flexibility index (Phi) is 5.10. The van der Waals surface area contributed by atoms with E-state index < -0.39 is 10.8 Å². The third kappa shape index (κ3) is 3.63. The molecule has 0 unspecified atom stereocenters. The van der Waals surface area contributed by atoms with Gasteiger partial charge in [-0.15, -0.1) is 0 Å². The summed E-state index contributed by atoms with van der Waals surface area (Å²) in [6.07, 6.45) is 2.75. The molecule has 1 N–H and O–H groups in total. The van der Waals surface area contributed by atoms with Gasteiger partial charge in [-0.2, -0.15) is 10.1 Å². The van der Waals surface area contributed by atoms with Crippen LogP contribution in [0, 0.1) is 10.1 Å². The second kappa shape index (κ2) is 7.46. The van der Waals surface area contributed by atoms with Crippen molar-refractivity contribution in [1.29, 1.82) is 0 Å². The zero-order chi connectivity index (χ0) is 18.7. The van der Waals surface area contributed by atoms with Crippen molar-refractivity contribution < 1.29 is 14.8 Å². The lowest BCUT2D eigenvalue weighted by Crippen LogP contribution is -2.22. The fourth-order valence-corrected chi connectivity index (χ4v) is 3.36. The molecule has 26 heavy (non-hydrogen) atoms. The highest BCUT2D eigenvalue weighted by Gasteiger charge is 2.32. The molecular formula is C17H11N3O4S2. The molecule has 0 saturated carbocycles. The molecule has 3 rings (SSSR count). The Morgan fingerprint density at radius 3 is 2.50 bits per heavy atom. The van der Waals surface area contributed by atoms with E-state index in [0.717, 1.165) is 16.8 Å². The van der Waals surface area contributed by atoms with Gasteiger partial charge < -0.3 is 5.11 Å². The van der Waals surface area contributed by atoms with Gasteiger partial charge in [0.15, 0.2) is 4.32 Å². The van der Waals surface area contributed by atoms with Gasteiger partial charge in [-0.3, -0.25) is 14.9 Å². The molecule has 2 aromatic rings. The Bertz CT molecular complexity index is 972. The first-order valence-corrected chi connectivity index (χ1v) is 8.53. The number of aromatic hydroxyl groups is 1. The van der Waals surface area contributed by atoms with Crippen molar-refractivity contribution in [2.75, 3.05) is 0 Å². The Morgan fingerprint density at radius 1 is 1.15 bits per heavy atom. The number of hydrogen-bond donors (Lipinski definition) is 1. The maximum absolute atomic E-state index is 12.5. The largest absolute Gasteiger partial charge is 0.507 e. The highest BCUT2D eigenvalue weighted by molar-refractivity contribution is 8.26. The molecule has 0 aromatic heterocycles. The van der Waals surface area contributed by atoms with Crippen LogP contribution in [0.3, 0.4) is 0 Å². The first-order valence-electron chi connectivity index (χ1n) is 7.30. The monoisotopic (exact) mass is 385 g/mol. The lowest BCUT2D eigenvalue weighted by molar-refractivity contribution is -0.385. The lowest BCUT2D eigenvalue weighted by atomic mass is 10.1. The molecule has 0 spiro atoms. The summed E-state index contributed by atoms with van der Waals surface area (Å²) < 4.78 is 0.200. The van der Waals surface area contributed by atoms with Gasteiger partial charge in [-0.05, 0) is 36.5 Å². The van der Waals surface area contributed by atoms with Crippen LogP contribution in [0.15, 0.2) is 58.5 Å². The van der Waals surface area contributed by atoms with Gasteiger partial charge >= 0.3 is 0 Å². The van der Waals surface area contributed by atoms with Crippen molar-refractivity contribution in [3.05, 3.63) is 74.7 Å². The fourth-order valence-electron chi connectivity index (χ4n) is 2.19. The van der Waals surface area contributed by atoms with Crippen molar-refractivity contribution >= 4 is 52.2 Å². The van der Waals surface area contributed by atoms with Crippen LogP contribution in [0.5, 0.6) is 5.75 Å². The number of hydrazone groups is 1. The number of phenolic OH excluding ortho intramolecular Hbond substituents is 1. The van der Waals surface area contributed by atoms with E-state index in [1.54, 1.807) is 36.4 Å². The molecule has 1 aliphatic rings. The van der Waals surface area contributed by atoms with E-state index in [4.69, 9.17) is 12.2 Å². The highest BCUT2D eigenvalue weighted by atomic mass is 32.2. The smallest absolute Gasteiger partial charge is 0.286 e. The molecule has 1 heterocycles. The molecule has 2 aromatic carbocycles. The number of carbonyl (C=O) groups excluding carboxylic acids is 1. The predicted molar refractivity (Wildman–Crippen MR) is 104 cm³/mol. The molecule has 130 valence electrons. The maximum Gasteiger partial charge on any atom is 0.286 e. The maximum atomic E-state index is 12.5. The van der Waals surface area contributed by atoms with Gasteiger partial charge in [0.25, 0.3) is 11.6 Å². The van der Waals surface area contributed by atoms with Crippen LogP contribution >= 0.6 is 24.0 Å². The molecule has 0 bridgehead atoms. The van der Waals surface area contributed by atoms with Crippen molar-refractivity contribution in [1.82, 2.24) is 5.01 Å². The number of amides is 1. The third-order valence-corrected chi connectivity index (χ3v) is 4.73. The highest BCUT2D eigenvalue weighted by Crippen LogP contribution is 2.34. The summed E-state index contributed by atoms with van der Waals surface area (Å²) >= 11 is 6.17. The average Bonchev–Trinajstić information content (AvgIpc) is 2.88. The number of nitrogens with zero attached hydrogens (tertiary/aromatic N) is 3. The first-order chi connectivity index (χ1) is 12.5. The third-order valence-electron chi connectivity index (χ3n) is 3.44. The lowest BCUT2D eigenvalue weighted by Gasteiger charge is -2.06. The zero-order valence-electron chi connectivity index (χ0n) is 13.1. The van der Waals surface area contributed by atoms with E-state index in [0.29, 0.717) is 11.1 Å². The van der Waals surface area contributed by atoms with Crippen LogP contribution in [0.25, 0.3) is 6.08 Å². The second-order valence-electron chi connectivity index (χ2n) is 5.11. The summed E-state index contributed by atoms with van der Waals surface area (Å²) in [5.74, 6) is -0.457. The van der Waals surface area contributed by atoms with Crippen LogP contribution in [0.1, 0.15) is 11.1 Å². The topological polar surface area (TPSA) is 96.0 Å². The normalized spacial score (nSPS) is 16.0. The van der Waals surface area contributed by atoms with E-state index in [1.807, 2.05) is 0 Å². The second-order valence-corrected chi connectivity index (χ2v) is 6.79. The fraction of sp³-hybridized carbons (Fsp3) is 0. The van der Waals surface area contributed by atoms with Crippen molar-refractivity contribution in [2.24, 2.45) is 5.10 Å². The summed E-state index contributed by atoms with van der Waals surface area (Å²) in [7, 11) is 0. The molecule has 7 nitrogen and oxygen atoms in total. The number of rotatable bonds is 4. The van der Waals surface area contributed by atoms with Crippen LogP contribution in [-0.4, -0.2) is 31.5 Å². The molecule has 0 radical (unpaired) electrons. The summed E-state index contributed by atoms with van der Waals surface area (Å²) in [5.41, 5.74) is 0.641. The number of para-hydroxylation sites is 2. The molecule has 1 amide bonds. The van der Waals surface area contributed by atoms with Gasteiger partial charge in [0.05, 0.1) is 21.6 Å². The average molecular weight is 385 g/mol. The summed E-state index contributed by atoms with van der Waals surface area (Å²) in [4.78, 5) is 23.3. The number of phenols is 1. The Morgan fingerprint density at radius 2 is 1.81 bits per heavy atom. The number of hydrogen-bond acceptors (Lipinski definition) is 7. The molecule has 9 heteroatoms. The van der Waals surface area contributed by atoms with Gasteiger partial charge in [0.2, 0.25) is 0 Å². The van der Waals surface area contributed by atoms with Crippen LogP contribution in [0.4, 0.5) is 5.69 Å². The Labute approximate surface area is 157 Å². The van der Waals surface area contributed by atoms with Crippen molar-refractivity contribution in [2.45, 2.75) is 0 Å². The standard InChI is InChI=1S/C17H11N3O4S2/c21-14-8-4-2-6-12(14)10-18-19-16(22)15(26-17(19)25)9-11-5-1-3-7-13(11)20(23)24/h1-10,21H. The van der Waals surface area contributed by atoms with Gasteiger partial charge in [0, 0.05) is 11.6 Å². The van der Waals surface area contributed by atoms with Crippen LogP contribution in [-0.2, 0) is 4.79 Å². The Balaban J connectivity index is 1.88. The first kappa shape index (κ1) is 17.8. The number of thioether (sulfide) groups is 1. The predicted octanol–water partition coefficient (Wildman–Crippen LogP) is 3.54. The van der Waals surface area contributed by atoms with E-state index in [1.165, 1.54) is 24.4 Å². The molecule has 0 aliphatic carbocycles. The molecule has 1 aliphatic heterocycles. The van der Waals surface area contributed by atoms with Crippen molar-refractivity contribution in [3.8, 4) is 5.75 Å². The SMILES string of the molecule is O=C1C(=Cc2ccccc2[N+](=O)[O-])SC(=S)N1N=Cc1ccccc1O. The zero-order valence-corrected chi connectivity index (χ0v) is 14.7. The van der Waals surface area contributed by atoms with E-state index in [9.17, 15) is 20.0 Å². The number of nitro groups is 1. The van der Waals surface area contributed by atoms with Crippen LogP contribution < -0.4 is 0 Å². The Hall–Kier alpha value is -3.04. The number of nitro benzene ring substituents is 1. The van der Waals surface area contributed by atoms with E-state index in [2.05, 4.69) is 5.10 Å². The van der Waals surface area contributed by atoms with Gasteiger partial charge in [-0.25, -0.2) is 0 Å². The number of benzene rings is 2. The number of carbonyl (C=O) groups is 1. The summed E-state index contributed by atoms with van der Waals surface area (Å²) in [6.45, 7) is 0.